The lowest BCUT2D eigenvalue weighted by molar-refractivity contribution is -0.132. The summed E-state index contributed by atoms with van der Waals surface area (Å²) in [5, 5.41) is 11.9. The number of ketones is 1. The number of ether oxygens (including phenoxy) is 2. The number of aliphatic hydroxyl groups excluding tert-OH is 1. The maximum absolute atomic E-state index is 13.4. The Bertz CT molecular complexity index is 1460. The topological polar surface area (TPSA) is 106 Å². The average Bonchev–Trinajstić information content (AvgIpc) is 3.40. The maximum Gasteiger partial charge on any atom is 0.350 e. The number of aryl methyl sites for hydroxylation is 2. The van der Waals surface area contributed by atoms with Gasteiger partial charge >= 0.3 is 11.9 Å². The number of anilines is 1. The van der Waals surface area contributed by atoms with Gasteiger partial charge in [-0.1, -0.05) is 47.7 Å². The largest absolute Gasteiger partial charge is 0.507 e. The minimum atomic E-state index is -1.01. The molecular weight excluding hydrogens is 528 g/mol. The Morgan fingerprint density at radius 3 is 2.55 bits per heavy atom. The number of nitrogens with zero attached hydrogens (tertiary/aromatic N) is 2. The molecule has 8 nitrogen and oxygen atoms in total. The van der Waals surface area contributed by atoms with Crippen molar-refractivity contribution in [1.82, 2.24) is 4.98 Å². The Labute approximate surface area is 228 Å². The number of thiazole rings is 1. The lowest BCUT2D eigenvalue weighted by atomic mass is 9.95. The van der Waals surface area contributed by atoms with E-state index in [0.717, 1.165) is 16.9 Å². The lowest BCUT2D eigenvalue weighted by Gasteiger charge is -2.23. The fourth-order valence-corrected chi connectivity index (χ4v) is 5.25. The summed E-state index contributed by atoms with van der Waals surface area (Å²) in [7, 11) is 0. The third-order valence-corrected chi connectivity index (χ3v) is 7.28. The molecule has 2 aromatic carbocycles. The first-order valence-corrected chi connectivity index (χ1v) is 12.9. The number of Topliss-reactive ketones (excluding diaryl/α,β-unsaturated/α-hetero) is 1. The van der Waals surface area contributed by atoms with Crippen molar-refractivity contribution < 1.29 is 29.0 Å². The van der Waals surface area contributed by atoms with E-state index in [2.05, 4.69) is 11.6 Å². The second-order valence-electron chi connectivity index (χ2n) is 8.43. The number of benzene rings is 2. The lowest BCUT2D eigenvalue weighted by Crippen LogP contribution is -2.29. The van der Waals surface area contributed by atoms with Gasteiger partial charge in [-0.2, -0.15) is 0 Å². The molecule has 4 rings (SSSR count). The van der Waals surface area contributed by atoms with E-state index in [0.29, 0.717) is 34.2 Å². The van der Waals surface area contributed by atoms with Gasteiger partial charge in [-0.25, -0.2) is 9.78 Å². The zero-order valence-corrected chi connectivity index (χ0v) is 22.6. The number of esters is 1. The number of amides is 1. The van der Waals surface area contributed by atoms with Crippen LogP contribution in [-0.2, 0) is 14.3 Å². The molecule has 0 radical (unpaired) electrons. The summed E-state index contributed by atoms with van der Waals surface area (Å²) in [5.41, 5.74) is 1.88. The van der Waals surface area contributed by atoms with Gasteiger partial charge in [0.25, 0.3) is 5.78 Å². The van der Waals surface area contributed by atoms with Crippen LogP contribution in [0.2, 0.25) is 5.02 Å². The third kappa shape index (κ3) is 5.07. The van der Waals surface area contributed by atoms with Gasteiger partial charge in [-0.3, -0.25) is 14.5 Å². The Morgan fingerprint density at radius 1 is 1.21 bits per heavy atom. The predicted molar refractivity (Wildman–Crippen MR) is 146 cm³/mol. The van der Waals surface area contributed by atoms with Crippen molar-refractivity contribution in [3.8, 4) is 5.75 Å². The van der Waals surface area contributed by atoms with Crippen molar-refractivity contribution >= 4 is 51.5 Å². The quantitative estimate of drug-likeness (QED) is 0.124. The molecule has 1 saturated heterocycles. The Balaban J connectivity index is 1.87. The molecule has 3 aromatic rings. The standard InChI is InChI=1S/C28H25ClN2O6S/c1-5-13-37-27(35)25-16(4)30-28(38-25)31-22(17-7-10-19(29)11-8-17)21(24(33)26(31)34)23(32)18-9-12-20(36-6-2)15(3)14-18/h5,7-12,14,22,32H,1,6,13H2,2-4H3/b23-21+. The van der Waals surface area contributed by atoms with Crippen molar-refractivity contribution in [2.24, 2.45) is 0 Å². The summed E-state index contributed by atoms with van der Waals surface area (Å²) in [5.74, 6) is -2.06. The number of hydrogen-bond acceptors (Lipinski definition) is 8. The SMILES string of the molecule is C=CCOC(=O)c1sc(N2C(=O)C(=O)/C(=C(/O)c3ccc(OCC)c(C)c3)C2c2ccc(Cl)cc2)nc1C. The molecule has 1 amide bonds. The summed E-state index contributed by atoms with van der Waals surface area (Å²) in [6.07, 6.45) is 1.44. The molecule has 0 aliphatic carbocycles. The van der Waals surface area contributed by atoms with Crippen molar-refractivity contribution in [3.63, 3.8) is 0 Å². The molecule has 1 N–H and O–H groups in total. The molecule has 1 aliphatic heterocycles. The van der Waals surface area contributed by atoms with Crippen LogP contribution in [0.15, 0.2) is 60.7 Å². The Morgan fingerprint density at radius 2 is 1.92 bits per heavy atom. The number of carbonyl (C=O) groups is 3. The first-order valence-electron chi connectivity index (χ1n) is 11.7. The molecule has 1 atom stereocenters. The molecule has 0 spiro atoms. The minimum Gasteiger partial charge on any atom is -0.507 e. The number of aromatic nitrogens is 1. The second kappa shape index (κ2) is 11.2. The zero-order chi connectivity index (χ0) is 27.6. The van der Waals surface area contributed by atoms with E-state index in [1.165, 1.54) is 11.0 Å². The molecule has 0 bridgehead atoms. The Kier molecular flexibility index (Phi) is 7.99. The van der Waals surface area contributed by atoms with Crippen LogP contribution in [0.4, 0.5) is 5.13 Å². The number of rotatable bonds is 8. The molecule has 1 aromatic heterocycles. The van der Waals surface area contributed by atoms with Crippen LogP contribution in [0.25, 0.3) is 5.76 Å². The summed E-state index contributed by atoms with van der Waals surface area (Å²) in [6, 6.07) is 10.6. The normalized spacial score (nSPS) is 16.5. The molecule has 2 heterocycles. The maximum atomic E-state index is 13.4. The van der Waals surface area contributed by atoms with Gasteiger partial charge in [0.05, 0.1) is 23.9 Å². The molecule has 10 heteroatoms. The van der Waals surface area contributed by atoms with Gasteiger partial charge in [0.1, 0.15) is 23.0 Å². The van der Waals surface area contributed by atoms with Gasteiger partial charge in [-0.15, -0.1) is 0 Å². The average molecular weight is 553 g/mol. The van der Waals surface area contributed by atoms with Crippen molar-refractivity contribution in [3.05, 3.63) is 93.0 Å². The molecule has 1 fully saturated rings. The van der Waals surface area contributed by atoms with Crippen molar-refractivity contribution in [1.29, 1.82) is 0 Å². The van der Waals surface area contributed by atoms with E-state index >= 15 is 0 Å². The van der Waals surface area contributed by atoms with E-state index in [-0.39, 0.29) is 27.9 Å². The molecule has 0 saturated carbocycles. The van der Waals surface area contributed by atoms with Crippen LogP contribution >= 0.6 is 22.9 Å². The zero-order valence-electron chi connectivity index (χ0n) is 21.0. The molecule has 38 heavy (non-hydrogen) atoms. The third-order valence-electron chi connectivity index (χ3n) is 5.89. The van der Waals surface area contributed by atoms with Crippen LogP contribution in [0.1, 0.15) is 45.0 Å². The fraction of sp³-hybridized carbons (Fsp3) is 0.214. The van der Waals surface area contributed by atoms with Crippen LogP contribution in [0, 0.1) is 13.8 Å². The number of hydrogen-bond donors (Lipinski definition) is 1. The summed E-state index contributed by atoms with van der Waals surface area (Å²) >= 11 is 7.02. The molecular formula is C28H25ClN2O6S. The second-order valence-corrected chi connectivity index (χ2v) is 9.85. The highest BCUT2D eigenvalue weighted by molar-refractivity contribution is 7.17. The van der Waals surface area contributed by atoms with E-state index < -0.39 is 23.7 Å². The van der Waals surface area contributed by atoms with Gasteiger partial charge in [-0.05, 0) is 62.2 Å². The number of aliphatic hydroxyl groups is 1. The first-order chi connectivity index (χ1) is 18.2. The van der Waals surface area contributed by atoms with Crippen LogP contribution in [0.5, 0.6) is 5.75 Å². The van der Waals surface area contributed by atoms with Crippen molar-refractivity contribution in [2.75, 3.05) is 18.1 Å². The van der Waals surface area contributed by atoms with E-state index in [9.17, 15) is 19.5 Å². The summed E-state index contributed by atoms with van der Waals surface area (Å²) < 4.78 is 10.7. The predicted octanol–water partition coefficient (Wildman–Crippen LogP) is 5.78. The molecule has 196 valence electrons. The highest BCUT2D eigenvalue weighted by atomic mass is 35.5. The Hall–Kier alpha value is -3.95. The summed E-state index contributed by atoms with van der Waals surface area (Å²) in [4.78, 5) is 45.1. The molecule has 1 aliphatic rings. The van der Waals surface area contributed by atoms with Crippen LogP contribution < -0.4 is 9.64 Å². The number of carbonyl (C=O) groups excluding carboxylic acids is 3. The highest BCUT2D eigenvalue weighted by Crippen LogP contribution is 2.44. The highest BCUT2D eigenvalue weighted by Gasteiger charge is 2.48. The van der Waals surface area contributed by atoms with Gasteiger partial charge < -0.3 is 14.6 Å². The minimum absolute atomic E-state index is 0.0162. The fourth-order valence-electron chi connectivity index (χ4n) is 4.13. The van der Waals surface area contributed by atoms with Crippen molar-refractivity contribution in [2.45, 2.75) is 26.8 Å². The van der Waals surface area contributed by atoms with Gasteiger partial charge in [0.15, 0.2) is 5.13 Å². The number of halogens is 1. The smallest absolute Gasteiger partial charge is 0.350 e. The van der Waals surface area contributed by atoms with Crippen LogP contribution in [0.3, 0.4) is 0 Å². The van der Waals surface area contributed by atoms with Gasteiger partial charge in [0.2, 0.25) is 0 Å². The van der Waals surface area contributed by atoms with E-state index in [1.54, 1.807) is 49.4 Å². The monoisotopic (exact) mass is 552 g/mol. The molecule has 1 unspecified atom stereocenters. The first kappa shape index (κ1) is 27.1. The van der Waals surface area contributed by atoms with E-state index in [1.807, 2.05) is 13.8 Å². The van der Waals surface area contributed by atoms with E-state index in [4.69, 9.17) is 21.1 Å². The van der Waals surface area contributed by atoms with Crippen LogP contribution in [-0.4, -0.2) is 41.0 Å². The summed E-state index contributed by atoms with van der Waals surface area (Å²) in [6.45, 7) is 9.32. The van der Waals surface area contributed by atoms with Gasteiger partial charge in [0, 0.05) is 10.6 Å².